The molecule has 2 N–H and O–H groups in total. The van der Waals surface area contributed by atoms with Crippen molar-refractivity contribution in [1.82, 2.24) is 4.72 Å². The average molecular weight is 396 g/mol. The van der Waals surface area contributed by atoms with E-state index in [1.165, 1.54) is 16.9 Å². The SMILES string of the molecule is CCCCc1ccc(CCS(=O)(=O)NCc2ccc(CC(=O)O)s2)cc1. The Morgan fingerprint density at radius 2 is 1.65 bits per heavy atom. The lowest BCUT2D eigenvalue weighted by Gasteiger charge is -2.07. The molecule has 1 aromatic carbocycles. The molecule has 0 bridgehead atoms. The third-order valence-corrected chi connectivity index (χ3v) is 6.42. The van der Waals surface area contributed by atoms with Crippen LogP contribution in [-0.2, 0) is 40.6 Å². The van der Waals surface area contributed by atoms with Crippen LogP contribution in [0.2, 0.25) is 0 Å². The van der Waals surface area contributed by atoms with Crippen molar-refractivity contribution in [1.29, 1.82) is 0 Å². The number of hydrogen-bond donors (Lipinski definition) is 2. The van der Waals surface area contributed by atoms with E-state index in [4.69, 9.17) is 5.11 Å². The molecule has 0 saturated carbocycles. The predicted octanol–water partition coefficient (Wildman–Crippen LogP) is 3.38. The monoisotopic (exact) mass is 395 g/mol. The largest absolute Gasteiger partial charge is 0.481 e. The van der Waals surface area contributed by atoms with Crippen LogP contribution >= 0.6 is 11.3 Å². The molecule has 0 fully saturated rings. The van der Waals surface area contributed by atoms with E-state index in [-0.39, 0.29) is 18.7 Å². The molecule has 1 aromatic heterocycles. The van der Waals surface area contributed by atoms with Crippen molar-refractivity contribution in [3.8, 4) is 0 Å². The maximum Gasteiger partial charge on any atom is 0.308 e. The van der Waals surface area contributed by atoms with Gasteiger partial charge in [-0.25, -0.2) is 13.1 Å². The fourth-order valence-corrected chi connectivity index (χ4v) is 4.58. The molecule has 0 unspecified atom stereocenters. The van der Waals surface area contributed by atoms with Crippen molar-refractivity contribution in [3.63, 3.8) is 0 Å². The Labute approximate surface area is 159 Å². The van der Waals surface area contributed by atoms with Gasteiger partial charge in [0.25, 0.3) is 0 Å². The second-order valence-corrected chi connectivity index (χ2v) is 9.43. The summed E-state index contributed by atoms with van der Waals surface area (Å²) in [5.74, 6) is -0.853. The van der Waals surface area contributed by atoms with Crippen LogP contribution in [0.3, 0.4) is 0 Å². The van der Waals surface area contributed by atoms with Gasteiger partial charge in [-0.1, -0.05) is 37.6 Å². The van der Waals surface area contributed by atoms with Crippen LogP contribution in [0.15, 0.2) is 36.4 Å². The van der Waals surface area contributed by atoms with Crippen molar-refractivity contribution in [2.24, 2.45) is 0 Å². The van der Waals surface area contributed by atoms with Gasteiger partial charge < -0.3 is 5.11 Å². The summed E-state index contributed by atoms with van der Waals surface area (Å²) in [6.45, 7) is 2.36. The molecule has 2 rings (SSSR count). The van der Waals surface area contributed by atoms with Crippen LogP contribution < -0.4 is 4.72 Å². The van der Waals surface area contributed by atoms with Gasteiger partial charge in [-0.2, -0.15) is 0 Å². The maximum absolute atomic E-state index is 12.2. The van der Waals surface area contributed by atoms with Crippen LogP contribution in [-0.4, -0.2) is 25.2 Å². The first-order valence-electron chi connectivity index (χ1n) is 8.72. The van der Waals surface area contributed by atoms with Crippen LogP contribution in [0.25, 0.3) is 0 Å². The van der Waals surface area contributed by atoms with Gasteiger partial charge >= 0.3 is 5.97 Å². The summed E-state index contributed by atoms with van der Waals surface area (Å²) in [5, 5.41) is 8.77. The number of carbonyl (C=O) groups is 1. The molecule has 1 heterocycles. The first kappa shape index (κ1) is 20.6. The van der Waals surface area contributed by atoms with Crippen molar-refractivity contribution in [3.05, 3.63) is 57.3 Å². The van der Waals surface area contributed by atoms with Crippen molar-refractivity contribution in [2.45, 2.75) is 45.6 Å². The normalized spacial score (nSPS) is 11.6. The van der Waals surface area contributed by atoms with Crippen molar-refractivity contribution in [2.75, 3.05) is 5.75 Å². The Morgan fingerprint density at radius 1 is 1.04 bits per heavy atom. The molecular formula is C19H25NO4S2. The number of carboxylic acids is 1. The van der Waals surface area contributed by atoms with E-state index in [1.54, 1.807) is 12.1 Å². The topological polar surface area (TPSA) is 83.5 Å². The highest BCUT2D eigenvalue weighted by Crippen LogP contribution is 2.17. The minimum Gasteiger partial charge on any atom is -0.481 e. The zero-order valence-electron chi connectivity index (χ0n) is 14.9. The van der Waals surface area contributed by atoms with E-state index in [2.05, 4.69) is 23.8 Å². The van der Waals surface area contributed by atoms with Gasteiger partial charge in [0.05, 0.1) is 12.2 Å². The van der Waals surface area contributed by atoms with E-state index < -0.39 is 16.0 Å². The molecule has 142 valence electrons. The highest BCUT2D eigenvalue weighted by molar-refractivity contribution is 7.89. The summed E-state index contributed by atoms with van der Waals surface area (Å²) in [5.41, 5.74) is 2.29. The number of aliphatic carboxylic acids is 1. The highest BCUT2D eigenvalue weighted by atomic mass is 32.2. The van der Waals surface area contributed by atoms with Crippen molar-refractivity contribution < 1.29 is 18.3 Å². The third kappa shape index (κ3) is 7.27. The fraction of sp³-hybridized carbons (Fsp3) is 0.421. The number of benzene rings is 1. The first-order valence-corrected chi connectivity index (χ1v) is 11.2. The van der Waals surface area contributed by atoms with E-state index in [9.17, 15) is 13.2 Å². The van der Waals surface area contributed by atoms with E-state index in [0.29, 0.717) is 6.42 Å². The molecule has 26 heavy (non-hydrogen) atoms. The number of carboxylic acid groups (broad SMARTS) is 1. The smallest absolute Gasteiger partial charge is 0.308 e. The van der Waals surface area contributed by atoms with E-state index >= 15 is 0 Å². The van der Waals surface area contributed by atoms with Crippen LogP contribution in [0.1, 0.15) is 40.6 Å². The van der Waals surface area contributed by atoms with E-state index in [1.807, 2.05) is 12.1 Å². The zero-order chi connectivity index (χ0) is 19.0. The Morgan fingerprint density at radius 3 is 2.27 bits per heavy atom. The number of rotatable bonds is 11. The quantitative estimate of drug-likeness (QED) is 0.611. The number of aryl methyl sites for hydroxylation is 2. The van der Waals surface area contributed by atoms with Crippen molar-refractivity contribution >= 4 is 27.3 Å². The summed E-state index contributed by atoms with van der Waals surface area (Å²) in [6, 6.07) is 11.6. The minimum absolute atomic E-state index is 0.0360. The summed E-state index contributed by atoms with van der Waals surface area (Å²) < 4.78 is 26.9. The number of thiophene rings is 1. The number of nitrogens with one attached hydrogen (secondary N) is 1. The van der Waals surface area contributed by atoms with Crippen LogP contribution in [0.5, 0.6) is 0 Å². The Bertz CT molecular complexity index is 810. The van der Waals surface area contributed by atoms with E-state index in [0.717, 1.165) is 34.6 Å². The number of unbranched alkanes of at least 4 members (excludes halogenated alkanes) is 1. The fourth-order valence-electron chi connectivity index (χ4n) is 2.52. The third-order valence-electron chi connectivity index (χ3n) is 4.01. The molecule has 0 radical (unpaired) electrons. The van der Waals surface area contributed by atoms with Gasteiger partial charge in [0.15, 0.2) is 0 Å². The summed E-state index contributed by atoms with van der Waals surface area (Å²) >= 11 is 1.32. The number of sulfonamides is 1. The molecule has 2 aromatic rings. The second-order valence-electron chi connectivity index (χ2n) is 6.25. The van der Waals surface area contributed by atoms with Crippen LogP contribution in [0.4, 0.5) is 0 Å². The Kier molecular flexibility index (Phi) is 7.81. The molecule has 0 amide bonds. The minimum atomic E-state index is -3.38. The van der Waals surface area contributed by atoms with Gasteiger partial charge in [0.2, 0.25) is 10.0 Å². The lowest BCUT2D eigenvalue weighted by molar-refractivity contribution is -0.136. The summed E-state index contributed by atoms with van der Waals surface area (Å²) in [7, 11) is -3.38. The Hall–Kier alpha value is -1.70. The molecule has 0 saturated heterocycles. The summed E-state index contributed by atoms with van der Waals surface area (Å²) in [4.78, 5) is 12.2. The molecule has 0 spiro atoms. The molecule has 0 aliphatic rings. The zero-order valence-corrected chi connectivity index (χ0v) is 16.5. The standard InChI is InChI=1S/C19H25NO4S2/c1-2-3-4-15-5-7-16(8-6-15)11-12-26(23,24)20-14-18-10-9-17(25-18)13-19(21)22/h5-10,20H,2-4,11-14H2,1H3,(H,21,22). The molecule has 0 aliphatic carbocycles. The predicted molar refractivity (Wildman–Crippen MR) is 105 cm³/mol. The van der Waals surface area contributed by atoms with Crippen LogP contribution in [0, 0.1) is 0 Å². The Balaban J connectivity index is 1.81. The molecular weight excluding hydrogens is 370 g/mol. The summed E-state index contributed by atoms with van der Waals surface area (Å²) in [6.07, 6.45) is 3.81. The average Bonchev–Trinajstić information content (AvgIpc) is 3.04. The highest BCUT2D eigenvalue weighted by Gasteiger charge is 2.12. The molecule has 0 aliphatic heterocycles. The maximum atomic E-state index is 12.2. The van der Waals surface area contributed by atoms with Gasteiger partial charge in [0, 0.05) is 16.3 Å². The van der Waals surface area contributed by atoms with Gasteiger partial charge in [-0.05, 0) is 42.5 Å². The lowest BCUT2D eigenvalue weighted by Crippen LogP contribution is -2.26. The van der Waals surface area contributed by atoms with Gasteiger partial charge in [-0.3, -0.25) is 4.79 Å². The molecule has 7 heteroatoms. The lowest BCUT2D eigenvalue weighted by atomic mass is 10.1. The first-order chi connectivity index (χ1) is 12.4. The second kappa shape index (κ2) is 9.85. The number of hydrogen-bond acceptors (Lipinski definition) is 4. The molecule has 5 nitrogen and oxygen atoms in total. The molecule has 0 atom stereocenters. The van der Waals surface area contributed by atoms with Gasteiger partial charge in [-0.15, -0.1) is 11.3 Å². The van der Waals surface area contributed by atoms with Gasteiger partial charge in [0.1, 0.15) is 0 Å².